The molecule has 0 radical (unpaired) electrons. The quantitative estimate of drug-likeness (QED) is 0.725. The van der Waals surface area contributed by atoms with Crippen LogP contribution >= 0.6 is 23.1 Å². The lowest BCUT2D eigenvalue weighted by Crippen LogP contribution is -2.43. The summed E-state index contributed by atoms with van der Waals surface area (Å²) in [5, 5.41) is 4.71. The van der Waals surface area contributed by atoms with Gasteiger partial charge in [-0.2, -0.15) is 4.37 Å². The third-order valence-corrected chi connectivity index (χ3v) is 5.69. The van der Waals surface area contributed by atoms with E-state index in [9.17, 15) is 4.79 Å². The Hall–Kier alpha value is -1.66. The molecule has 0 saturated carbocycles. The molecule has 0 bridgehead atoms. The summed E-state index contributed by atoms with van der Waals surface area (Å²) in [6, 6.07) is 7.77. The van der Waals surface area contributed by atoms with Crippen molar-refractivity contribution in [1.82, 2.24) is 14.7 Å². The Kier molecular flexibility index (Phi) is 6.86. The van der Waals surface area contributed by atoms with Gasteiger partial charge in [0.15, 0.2) is 0 Å². The maximum Gasteiger partial charge on any atom is 0.224 e. The first kappa shape index (κ1) is 19.1. The number of amides is 1. The number of benzene rings is 1. The molecule has 2 heterocycles. The Morgan fingerprint density at radius 1 is 1.38 bits per heavy atom. The zero-order valence-corrected chi connectivity index (χ0v) is 16.7. The van der Waals surface area contributed by atoms with Crippen LogP contribution in [0.4, 0.5) is 5.13 Å². The van der Waals surface area contributed by atoms with Crippen LogP contribution in [0, 0.1) is 5.92 Å². The van der Waals surface area contributed by atoms with Crippen molar-refractivity contribution in [3.63, 3.8) is 0 Å². The Morgan fingerprint density at radius 3 is 2.96 bits per heavy atom. The largest absolute Gasteiger partial charge is 0.356 e. The fraction of sp³-hybridized carbons (Fsp3) is 0.526. The summed E-state index contributed by atoms with van der Waals surface area (Å²) in [5.74, 6) is 1.04. The number of hydrogen-bond donors (Lipinski definition) is 1. The molecular weight excluding hydrogens is 368 g/mol. The van der Waals surface area contributed by atoms with Gasteiger partial charge in [0.05, 0.1) is 5.92 Å². The normalized spacial score (nSPS) is 17.3. The number of aromatic nitrogens is 2. The zero-order chi connectivity index (χ0) is 18.4. The van der Waals surface area contributed by atoms with Crippen LogP contribution < -0.4 is 10.2 Å². The van der Waals surface area contributed by atoms with E-state index in [1.165, 1.54) is 11.5 Å². The lowest BCUT2D eigenvalue weighted by Gasteiger charge is -2.31. The van der Waals surface area contributed by atoms with Crippen LogP contribution in [0.2, 0.25) is 5.02 Å². The van der Waals surface area contributed by atoms with Crippen molar-refractivity contribution in [3.8, 4) is 0 Å². The first-order valence-electron chi connectivity index (χ1n) is 9.25. The number of nitrogens with zero attached hydrogens (tertiary/aromatic N) is 3. The molecule has 1 unspecified atom stereocenters. The molecule has 1 aliphatic heterocycles. The molecule has 7 heteroatoms. The van der Waals surface area contributed by atoms with E-state index in [0.29, 0.717) is 6.42 Å². The highest BCUT2D eigenvalue weighted by atomic mass is 35.5. The van der Waals surface area contributed by atoms with Crippen LogP contribution in [0.15, 0.2) is 24.3 Å². The van der Waals surface area contributed by atoms with Gasteiger partial charge in [0.25, 0.3) is 0 Å². The Balaban J connectivity index is 1.57. The number of unbranched alkanes of at least 4 members (excludes halogenated alkanes) is 1. The topological polar surface area (TPSA) is 58.1 Å². The molecule has 1 fully saturated rings. The average molecular weight is 393 g/mol. The summed E-state index contributed by atoms with van der Waals surface area (Å²) in [5.41, 5.74) is 1.14. The highest BCUT2D eigenvalue weighted by molar-refractivity contribution is 7.09. The lowest BCUT2D eigenvalue weighted by atomic mass is 9.97. The minimum atomic E-state index is 0.0456. The third-order valence-electron chi connectivity index (χ3n) is 4.63. The molecular formula is C19H25ClN4OS. The number of hydrogen-bond acceptors (Lipinski definition) is 5. The average Bonchev–Trinajstić information content (AvgIpc) is 3.12. The van der Waals surface area contributed by atoms with Crippen molar-refractivity contribution in [2.75, 3.05) is 24.5 Å². The SMILES string of the molecule is CCCCNC(=O)C1CCCN(c2nc(Cc3ccc(Cl)cc3)ns2)C1. The summed E-state index contributed by atoms with van der Waals surface area (Å²) in [6.45, 7) is 4.57. The molecule has 1 aromatic carbocycles. The van der Waals surface area contributed by atoms with E-state index in [0.717, 1.165) is 66.9 Å². The number of rotatable bonds is 7. The van der Waals surface area contributed by atoms with Gasteiger partial charge in [-0.1, -0.05) is 37.1 Å². The summed E-state index contributed by atoms with van der Waals surface area (Å²) in [4.78, 5) is 19.2. The molecule has 1 saturated heterocycles. The molecule has 1 amide bonds. The number of piperidine rings is 1. The van der Waals surface area contributed by atoms with Crippen molar-refractivity contribution in [2.24, 2.45) is 5.92 Å². The molecule has 3 rings (SSSR count). The summed E-state index contributed by atoms with van der Waals surface area (Å²) < 4.78 is 4.50. The van der Waals surface area contributed by atoms with Crippen LogP contribution in [-0.2, 0) is 11.2 Å². The van der Waals surface area contributed by atoms with E-state index in [4.69, 9.17) is 11.6 Å². The highest BCUT2D eigenvalue weighted by Crippen LogP contribution is 2.25. The van der Waals surface area contributed by atoms with Crippen molar-refractivity contribution in [3.05, 3.63) is 40.7 Å². The zero-order valence-electron chi connectivity index (χ0n) is 15.1. The van der Waals surface area contributed by atoms with E-state index in [1.807, 2.05) is 24.3 Å². The minimum absolute atomic E-state index is 0.0456. The van der Waals surface area contributed by atoms with Crippen molar-refractivity contribution >= 4 is 34.2 Å². The highest BCUT2D eigenvalue weighted by Gasteiger charge is 2.27. The number of anilines is 1. The van der Waals surface area contributed by atoms with Gasteiger partial charge in [0, 0.05) is 42.6 Å². The molecule has 2 aromatic rings. The Bertz CT molecular complexity index is 719. The van der Waals surface area contributed by atoms with Crippen LogP contribution in [0.3, 0.4) is 0 Å². The third kappa shape index (κ3) is 5.17. The van der Waals surface area contributed by atoms with Crippen LogP contribution in [0.1, 0.15) is 44.0 Å². The molecule has 1 aromatic heterocycles. The molecule has 1 atom stereocenters. The predicted octanol–water partition coefficient (Wildman–Crippen LogP) is 3.92. The second-order valence-electron chi connectivity index (χ2n) is 6.73. The second-order valence-corrected chi connectivity index (χ2v) is 7.89. The molecule has 140 valence electrons. The Labute approximate surface area is 163 Å². The maximum absolute atomic E-state index is 12.3. The van der Waals surface area contributed by atoms with Gasteiger partial charge in [0.2, 0.25) is 11.0 Å². The van der Waals surface area contributed by atoms with Crippen LogP contribution in [0.5, 0.6) is 0 Å². The van der Waals surface area contributed by atoms with E-state index in [2.05, 4.69) is 26.5 Å². The van der Waals surface area contributed by atoms with Gasteiger partial charge >= 0.3 is 0 Å². The number of carbonyl (C=O) groups excluding carboxylic acids is 1. The molecule has 1 N–H and O–H groups in total. The smallest absolute Gasteiger partial charge is 0.224 e. The van der Waals surface area contributed by atoms with E-state index in [-0.39, 0.29) is 11.8 Å². The minimum Gasteiger partial charge on any atom is -0.356 e. The number of halogens is 1. The second kappa shape index (κ2) is 9.33. The summed E-state index contributed by atoms with van der Waals surface area (Å²) >= 11 is 7.35. The van der Waals surface area contributed by atoms with E-state index >= 15 is 0 Å². The fourth-order valence-electron chi connectivity index (χ4n) is 3.13. The van der Waals surface area contributed by atoms with Gasteiger partial charge in [-0.25, -0.2) is 4.98 Å². The Morgan fingerprint density at radius 2 is 2.19 bits per heavy atom. The first-order chi connectivity index (χ1) is 12.7. The van der Waals surface area contributed by atoms with Gasteiger partial charge < -0.3 is 10.2 Å². The van der Waals surface area contributed by atoms with E-state index in [1.54, 1.807) is 0 Å². The fourth-order valence-corrected chi connectivity index (χ4v) is 3.97. The van der Waals surface area contributed by atoms with Crippen molar-refractivity contribution in [2.45, 2.75) is 39.0 Å². The monoisotopic (exact) mass is 392 g/mol. The number of nitrogens with one attached hydrogen (secondary N) is 1. The maximum atomic E-state index is 12.3. The van der Waals surface area contributed by atoms with Crippen molar-refractivity contribution < 1.29 is 4.79 Å². The van der Waals surface area contributed by atoms with Gasteiger partial charge in [-0.15, -0.1) is 0 Å². The standard InChI is InChI=1S/C19H25ClN4OS/c1-2-3-10-21-18(25)15-5-4-11-24(13-15)19-22-17(23-26-19)12-14-6-8-16(20)9-7-14/h6-9,15H,2-5,10-13H2,1H3,(H,21,25). The first-order valence-corrected chi connectivity index (χ1v) is 10.4. The lowest BCUT2D eigenvalue weighted by molar-refractivity contribution is -0.125. The summed E-state index contributed by atoms with van der Waals surface area (Å²) in [7, 11) is 0. The number of carbonyl (C=O) groups is 1. The summed E-state index contributed by atoms with van der Waals surface area (Å²) in [6.07, 6.45) is 4.79. The molecule has 5 nitrogen and oxygen atoms in total. The molecule has 1 aliphatic rings. The van der Waals surface area contributed by atoms with E-state index < -0.39 is 0 Å². The van der Waals surface area contributed by atoms with Crippen LogP contribution in [0.25, 0.3) is 0 Å². The molecule has 0 spiro atoms. The van der Waals surface area contributed by atoms with Gasteiger partial charge in [-0.05, 0) is 37.0 Å². The van der Waals surface area contributed by atoms with Gasteiger partial charge in [-0.3, -0.25) is 4.79 Å². The van der Waals surface area contributed by atoms with Crippen LogP contribution in [-0.4, -0.2) is 34.9 Å². The van der Waals surface area contributed by atoms with Gasteiger partial charge in [0.1, 0.15) is 5.82 Å². The molecule has 26 heavy (non-hydrogen) atoms. The predicted molar refractivity (Wildman–Crippen MR) is 107 cm³/mol. The molecule has 0 aliphatic carbocycles. The van der Waals surface area contributed by atoms with Crippen molar-refractivity contribution in [1.29, 1.82) is 0 Å².